The Labute approximate surface area is 291 Å². The van der Waals surface area contributed by atoms with E-state index < -0.39 is 0 Å². The summed E-state index contributed by atoms with van der Waals surface area (Å²) < 4.78 is 0. The molecule has 0 aliphatic heterocycles. The molecule has 0 amide bonds. The van der Waals surface area contributed by atoms with Crippen molar-refractivity contribution in [2.75, 3.05) is 5.32 Å². The average molecular weight is 732 g/mol. The smallest absolute Gasteiger partial charge is 0.164 e. The van der Waals surface area contributed by atoms with Crippen molar-refractivity contribution in [2.45, 2.75) is 20.4 Å². The number of benzene rings is 1. The molecule has 6 heterocycles. The lowest BCUT2D eigenvalue weighted by Crippen LogP contribution is -2.04. The third kappa shape index (κ3) is 6.85. The van der Waals surface area contributed by atoms with Gasteiger partial charge >= 0.3 is 0 Å². The number of aromatic nitrogens is 6. The van der Waals surface area contributed by atoms with Gasteiger partial charge in [0.1, 0.15) is 20.6 Å². The van der Waals surface area contributed by atoms with Crippen LogP contribution in [-0.4, -0.2) is 29.9 Å². The molecule has 7 nitrogen and oxygen atoms in total. The largest absolute Gasteiger partial charge is 0.365 e. The van der Waals surface area contributed by atoms with Crippen molar-refractivity contribution < 1.29 is 0 Å². The Morgan fingerprint density at radius 3 is 1.82 bits per heavy atom. The number of hydrogen-bond donors (Lipinski definition) is 1. The molecule has 7 aromatic rings. The van der Waals surface area contributed by atoms with E-state index in [1.807, 2.05) is 50.2 Å². The summed E-state index contributed by atoms with van der Waals surface area (Å²) in [5.74, 6) is 1.85. The predicted molar refractivity (Wildman–Crippen MR) is 190 cm³/mol. The normalized spacial score (nSPS) is 11.1. The summed E-state index contributed by atoms with van der Waals surface area (Å²) in [5, 5.41) is 7.66. The number of halogens is 5. The minimum absolute atomic E-state index is 0.383. The molecule has 0 atom stereocenters. The van der Waals surface area contributed by atoms with Gasteiger partial charge in [0.05, 0.1) is 30.9 Å². The first-order chi connectivity index (χ1) is 21.7. The monoisotopic (exact) mass is 729 g/mol. The molecule has 0 bridgehead atoms. The number of aryl methyl sites for hydroxylation is 2. The van der Waals surface area contributed by atoms with Gasteiger partial charge in [-0.25, -0.2) is 19.9 Å². The van der Waals surface area contributed by atoms with Crippen LogP contribution < -0.4 is 5.32 Å². The van der Waals surface area contributed by atoms with Gasteiger partial charge in [0, 0.05) is 52.2 Å². The fourth-order valence-corrected chi connectivity index (χ4v) is 7.55. The number of thiophene rings is 2. The summed E-state index contributed by atoms with van der Waals surface area (Å²) >= 11 is 34.0. The van der Waals surface area contributed by atoms with Crippen LogP contribution in [-0.2, 0) is 6.54 Å². The van der Waals surface area contributed by atoms with E-state index in [1.165, 1.54) is 11.3 Å². The van der Waals surface area contributed by atoms with E-state index in [1.54, 1.807) is 42.2 Å². The van der Waals surface area contributed by atoms with Crippen LogP contribution in [0.2, 0.25) is 25.2 Å². The van der Waals surface area contributed by atoms with Crippen molar-refractivity contribution in [3.05, 3.63) is 108 Å². The zero-order chi connectivity index (χ0) is 31.7. The molecule has 6 aromatic heterocycles. The summed E-state index contributed by atoms with van der Waals surface area (Å²) in [6.07, 6.45) is 6.87. The van der Waals surface area contributed by atoms with Gasteiger partial charge in [-0.1, -0.05) is 64.1 Å². The van der Waals surface area contributed by atoms with Crippen molar-refractivity contribution in [1.29, 1.82) is 0 Å². The summed E-state index contributed by atoms with van der Waals surface area (Å²) in [7, 11) is 0. The molecule has 0 aliphatic rings. The Morgan fingerprint density at radius 1 is 0.667 bits per heavy atom. The lowest BCUT2D eigenvalue weighted by atomic mass is 10.2. The fraction of sp³-hybridized carbons (Fsp3) is 0.0968. The van der Waals surface area contributed by atoms with E-state index in [2.05, 4.69) is 30.2 Å². The quantitative estimate of drug-likeness (QED) is 0.176. The number of rotatable bonds is 5. The third-order valence-corrected chi connectivity index (χ3v) is 10.7. The molecule has 0 saturated carbocycles. The van der Waals surface area contributed by atoms with Crippen molar-refractivity contribution >= 4 is 107 Å². The molecule has 0 saturated heterocycles. The van der Waals surface area contributed by atoms with Crippen LogP contribution in [0.15, 0.2) is 67.3 Å². The van der Waals surface area contributed by atoms with Crippen LogP contribution in [0.3, 0.4) is 0 Å². The maximum Gasteiger partial charge on any atom is 0.164 e. The van der Waals surface area contributed by atoms with Crippen LogP contribution in [0.1, 0.15) is 15.3 Å². The van der Waals surface area contributed by atoms with Crippen LogP contribution >= 0.6 is 80.7 Å². The summed E-state index contributed by atoms with van der Waals surface area (Å²) in [4.78, 5) is 30.0. The second-order valence-electron chi connectivity index (χ2n) is 9.62. The molecule has 0 fully saturated rings. The first kappa shape index (κ1) is 31.8. The highest BCUT2D eigenvalue weighted by Gasteiger charge is 2.18. The standard InChI is InChI=1S/C19H13Cl3N4S.C12H7Cl2N3S/c1-10-16(22)15-18(24-8-11-4-5-13(20)14(21)7-11)25-17(26-19(15)27-10)12-3-2-6-23-9-12;1-6-9(13)8-10(14)16-11(17-12(8)18-6)7-3-2-4-15-5-7/h2-7,9H,8H2,1H3,(H,24,25,26);2-5H,1H3. The number of anilines is 1. The second-order valence-corrected chi connectivity index (χ2v) is 14.0. The summed E-state index contributed by atoms with van der Waals surface area (Å²) in [5.41, 5.74) is 2.67. The van der Waals surface area contributed by atoms with Gasteiger partial charge in [0.2, 0.25) is 0 Å². The van der Waals surface area contributed by atoms with Crippen molar-refractivity contribution in [2.24, 2.45) is 0 Å². The van der Waals surface area contributed by atoms with E-state index in [-0.39, 0.29) is 0 Å². The van der Waals surface area contributed by atoms with E-state index >= 15 is 0 Å². The Hall–Kier alpha value is -3.15. The highest BCUT2D eigenvalue weighted by molar-refractivity contribution is 7.19. The first-order valence-electron chi connectivity index (χ1n) is 13.3. The fourth-order valence-electron chi connectivity index (χ4n) is 4.33. The van der Waals surface area contributed by atoms with Crippen LogP contribution in [0, 0.1) is 13.8 Å². The zero-order valence-electron chi connectivity index (χ0n) is 23.4. The number of hydrogen-bond acceptors (Lipinski definition) is 9. The van der Waals surface area contributed by atoms with E-state index in [4.69, 9.17) is 63.0 Å². The van der Waals surface area contributed by atoms with Gasteiger partial charge in [-0.15, -0.1) is 22.7 Å². The van der Waals surface area contributed by atoms with Crippen molar-refractivity contribution in [3.8, 4) is 22.8 Å². The number of pyridine rings is 2. The summed E-state index contributed by atoms with van der Waals surface area (Å²) in [6.45, 7) is 4.44. The Bertz CT molecular complexity index is 2160. The average Bonchev–Trinajstić information content (AvgIpc) is 3.51. The molecule has 14 heteroatoms. The van der Waals surface area contributed by atoms with Gasteiger partial charge in [0.25, 0.3) is 0 Å². The van der Waals surface area contributed by atoms with Crippen molar-refractivity contribution in [3.63, 3.8) is 0 Å². The maximum absolute atomic E-state index is 6.51. The minimum atomic E-state index is 0.383. The second kappa shape index (κ2) is 13.7. The number of nitrogens with one attached hydrogen (secondary N) is 1. The van der Waals surface area contributed by atoms with Crippen LogP contribution in [0.25, 0.3) is 43.2 Å². The number of fused-ring (bicyclic) bond motifs is 2. The minimum Gasteiger partial charge on any atom is -0.365 e. The van der Waals surface area contributed by atoms with E-state index in [0.29, 0.717) is 49.3 Å². The SMILES string of the molecule is Cc1sc2nc(-c3cccnc3)nc(Cl)c2c1Cl.Cc1sc2nc(-c3cccnc3)nc(NCc3ccc(Cl)c(Cl)c3)c2c1Cl. The summed E-state index contributed by atoms with van der Waals surface area (Å²) in [6, 6.07) is 13.0. The molecule has 0 spiro atoms. The molecule has 0 aliphatic carbocycles. The lowest BCUT2D eigenvalue weighted by Gasteiger charge is -2.10. The molecule has 45 heavy (non-hydrogen) atoms. The van der Waals surface area contributed by atoms with Gasteiger partial charge in [-0.3, -0.25) is 9.97 Å². The predicted octanol–water partition coefficient (Wildman–Crippen LogP) is 11.0. The van der Waals surface area contributed by atoms with E-state index in [9.17, 15) is 0 Å². The highest BCUT2D eigenvalue weighted by atomic mass is 35.5. The van der Waals surface area contributed by atoms with Gasteiger partial charge in [-0.2, -0.15) is 0 Å². The molecule has 1 aromatic carbocycles. The van der Waals surface area contributed by atoms with Gasteiger partial charge in [-0.05, 0) is 55.8 Å². The Kier molecular flexibility index (Phi) is 9.68. The highest BCUT2D eigenvalue weighted by Crippen LogP contribution is 2.39. The van der Waals surface area contributed by atoms with Crippen LogP contribution in [0.5, 0.6) is 0 Å². The molecule has 7 rings (SSSR count). The van der Waals surface area contributed by atoms with Gasteiger partial charge in [0.15, 0.2) is 11.6 Å². The molecular weight excluding hydrogens is 712 g/mol. The molecule has 226 valence electrons. The first-order valence-corrected chi connectivity index (χ1v) is 16.8. The Balaban J connectivity index is 0.000000172. The van der Waals surface area contributed by atoms with E-state index in [0.717, 1.165) is 46.9 Å². The Morgan fingerprint density at radius 2 is 1.24 bits per heavy atom. The maximum atomic E-state index is 6.51. The molecule has 0 radical (unpaired) electrons. The molecule has 0 unspecified atom stereocenters. The molecule has 1 N–H and O–H groups in total. The molecular formula is C31H20Cl5N7S2. The lowest BCUT2D eigenvalue weighted by molar-refractivity contribution is 1.11. The third-order valence-electron chi connectivity index (χ3n) is 6.55. The van der Waals surface area contributed by atoms with Crippen molar-refractivity contribution in [1.82, 2.24) is 29.9 Å². The number of nitrogens with zero attached hydrogens (tertiary/aromatic N) is 6. The zero-order valence-corrected chi connectivity index (χ0v) is 28.9. The van der Waals surface area contributed by atoms with Gasteiger partial charge < -0.3 is 5.32 Å². The topological polar surface area (TPSA) is 89.4 Å². The van der Waals surface area contributed by atoms with Crippen LogP contribution in [0.4, 0.5) is 5.82 Å².